The highest BCUT2D eigenvalue weighted by Gasteiger charge is 2.23. The van der Waals surface area contributed by atoms with E-state index in [0.717, 1.165) is 42.9 Å². The maximum atomic E-state index is 12.5. The maximum Gasteiger partial charge on any atom is 0.411 e. The van der Waals surface area contributed by atoms with Crippen molar-refractivity contribution < 1.29 is 23.8 Å². The molecule has 10 heteroatoms. The molecule has 0 spiro atoms. The van der Waals surface area contributed by atoms with Gasteiger partial charge >= 0.3 is 11.3 Å². The van der Waals surface area contributed by atoms with Crippen LogP contribution in [0.3, 0.4) is 0 Å². The number of nitrogens with zero attached hydrogens (tertiary/aromatic N) is 3. The number of ether oxygens (including phenoxy) is 3. The fraction of sp³-hybridized carbons (Fsp3) is 0.423. The van der Waals surface area contributed by atoms with E-state index in [1.54, 1.807) is 20.3 Å². The number of thioether (sulfide) groups is 1. The Bertz CT molecular complexity index is 1100. The first-order valence-electron chi connectivity index (χ1n) is 12.0. The van der Waals surface area contributed by atoms with Crippen LogP contribution < -0.4 is 14.8 Å². The molecule has 0 unspecified atom stereocenters. The van der Waals surface area contributed by atoms with Gasteiger partial charge in [0.05, 0.1) is 33.1 Å². The number of methoxy groups -OCH3 is 2. The molecule has 192 valence electrons. The highest BCUT2D eigenvalue weighted by molar-refractivity contribution is 8.14. The Kier molecular flexibility index (Phi) is 9.07. The minimum absolute atomic E-state index is 0.130. The van der Waals surface area contributed by atoms with Crippen molar-refractivity contribution in [2.24, 2.45) is 5.10 Å². The molecule has 2 aliphatic heterocycles. The molecule has 0 atom stereocenters. The number of nitrogens with one attached hydrogen (secondary N) is 1. The molecule has 0 aromatic heterocycles. The standard InChI is InChI=1S/C26H32N4O5S/c1-33-23-10-9-20(16-24(23)34-2)22-18-36-26(32)30(28-22)17-19-7-5-8-21(15-19)27-25(31)35-14-6-13-29-11-3-4-12-29/h5,7-10,15-16H,3-4,6,11-14,17-18H2,1-2H3,(H,27,31). The van der Waals surface area contributed by atoms with Gasteiger partial charge in [-0.15, -0.1) is 0 Å². The molecule has 2 heterocycles. The number of hydrogen-bond donors (Lipinski definition) is 1. The van der Waals surface area contributed by atoms with E-state index >= 15 is 0 Å². The molecule has 1 fully saturated rings. The van der Waals surface area contributed by atoms with Gasteiger partial charge in [-0.2, -0.15) is 5.10 Å². The summed E-state index contributed by atoms with van der Waals surface area (Å²) >= 11 is 1.20. The molecule has 0 radical (unpaired) electrons. The lowest BCUT2D eigenvalue weighted by molar-refractivity contribution is 0.154. The first-order chi connectivity index (χ1) is 17.6. The normalized spacial score (nSPS) is 16.0. The van der Waals surface area contributed by atoms with Crippen LogP contribution in [0.1, 0.15) is 30.4 Å². The summed E-state index contributed by atoms with van der Waals surface area (Å²) in [6, 6.07) is 12.9. The second kappa shape index (κ2) is 12.6. The van der Waals surface area contributed by atoms with Crippen LogP contribution in [0.25, 0.3) is 0 Å². The predicted octanol–water partition coefficient (Wildman–Crippen LogP) is 4.81. The van der Waals surface area contributed by atoms with Crippen molar-refractivity contribution >= 4 is 34.5 Å². The van der Waals surface area contributed by atoms with E-state index in [2.05, 4.69) is 15.3 Å². The number of rotatable bonds is 10. The number of benzene rings is 2. The zero-order chi connectivity index (χ0) is 25.3. The van der Waals surface area contributed by atoms with Gasteiger partial charge in [-0.25, -0.2) is 9.80 Å². The molecule has 0 aliphatic carbocycles. The highest BCUT2D eigenvalue weighted by Crippen LogP contribution is 2.30. The number of likely N-dealkylation sites (tertiary alicyclic amines) is 1. The van der Waals surface area contributed by atoms with Crippen molar-refractivity contribution in [1.82, 2.24) is 9.91 Å². The summed E-state index contributed by atoms with van der Waals surface area (Å²) < 4.78 is 16.0. The van der Waals surface area contributed by atoms with Gasteiger partial charge in [0.15, 0.2) is 11.5 Å². The van der Waals surface area contributed by atoms with E-state index in [-0.39, 0.29) is 11.8 Å². The summed E-state index contributed by atoms with van der Waals surface area (Å²) in [5, 5.41) is 8.68. The quantitative estimate of drug-likeness (QED) is 0.457. The Morgan fingerprint density at radius 2 is 1.89 bits per heavy atom. The van der Waals surface area contributed by atoms with Crippen LogP contribution in [-0.4, -0.2) is 73.2 Å². The second-order valence-corrected chi connectivity index (χ2v) is 9.52. The van der Waals surface area contributed by atoms with Crippen molar-refractivity contribution in [2.45, 2.75) is 25.8 Å². The van der Waals surface area contributed by atoms with Crippen molar-refractivity contribution in [3.8, 4) is 11.5 Å². The van der Waals surface area contributed by atoms with Gasteiger partial charge in [0, 0.05) is 23.5 Å². The molecular weight excluding hydrogens is 480 g/mol. The van der Waals surface area contributed by atoms with Crippen LogP contribution in [-0.2, 0) is 11.3 Å². The molecule has 1 N–H and O–H groups in total. The van der Waals surface area contributed by atoms with E-state index in [4.69, 9.17) is 14.2 Å². The fourth-order valence-corrected chi connectivity index (χ4v) is 4.95. The molecule has 2 aliphatic rings. The Balaban J connectivity index is 1.34. The summed E-state index contributed by atoms with van der Waals surface area (Å²) in [6.07, 6.45) is 2.85. The zero-order valence-electron chi connectivity index (χ0n) is 20.7. The Morgan fingerprint density at radius 1 is 1.08 bits per heavy atom. The van der Waals surface area contributed by atoms with Gasteiger partial charge in [0.2, 0.25) is 0 Å². The Hall–Kier alpha value is -3.24. The lowest BCUT2D eigenvalue weighted by Gasteiger charge is -2.23. The molecule has 1 saturated heterocycles. The molecule has 2 aromatic rings. The van der Waals surface area contributed by atoms with Crippen LogP contribution >= 0.6 is 11.8 Å². The fourth-order valence-electron chi connectivity index (χ4n) is 4.21. The van der Waals surface area contributed by atoms with Crippen LogP contribution in [0.4, 0.5) is 15.3 Å². The minimum Gasteiger partial charge on any atom is -0.493 e. The van der Waals surface area contributed by atoms with Crippen LogP contribution in [0.5, 0.6) is 11.5 Å². The van der Waals surface area contributed by atoms with Crippen molar-refractivity contribution in [3.05, 3.63) is 53.6 Å². The molecule has 36 heavy (non-hydrogen) atoms. The van der Waals surface area contributed by atoms with E-state index in [1.165, 1.54) is 29.6 Å². The van der Waals surface area contributed by atoms with Gasteiger partial charge in [0.25, 0.3) is 0 Å². The van der Waals surface area contributed by atoms with Gasteiger partial charge in [-0.3, -0.25) is 10.1 Å². The van der Waals surface area contributed by atoms with Crippen molar-refractivity contribution in [2.75, 3.05) is 51.5 Å². The maximum absolute atomic E-state index is 12.5. The Labute approximate surface area is 215 Å². The summed E-state index contributed by atoms with van der Waals surface area (Å²) in [7, 11) is 3.17. The van der Waals surface area contributed by atoms with E-state index in [0.29, 0.717) is 29.5 Å². The smallest absolute Gasteiger partial charge is 0.411 e. The Morgan fingerprint density at radius 3 is 2.67 bits per heavy atom. The largest absolute Gasteiger partial charge is 0.493 e. The highest BCUT2D eigenvalue weighted by atomic mass is 32.2. The predicted molar refractivity (Wildman–Crippen MR) is 141 cm³/mol. The minimum atomic E-state index is -0.480. The van der Waals surface area contributed by atoms with Gasteiger partial charge in [0.1, 0.15) is 0 Å². The third-order valence-corrected chi connectivity index (χ3v) is 6.93. The third kappa shape index (κ3) is 6.92. The first-order valence-corrected chi connectivity index (χ1v) is 13.0. The van der Waals surface area contributed by atoms with E-state index in [9.17, 15) is 9.59 Å². The van der Waals surface area contributed by atoms with Crippen molar-refractivity contribution in [3.63, 3.8) is 0 Å². The molecule has 2 aromatic carbocycles. The van der Waals surface area contributed by atoms with Gasteiger partial charge in [-0.1, -0.05) is 23.9 Å². The number of anilines is 1. The van der Waals surface area contributed by atoms with Crippen LogP contribution in [0.15, 0.2) is 47.6 Å². The second-order valence-electron chi connectivity index (χ2n) is 8.59. The SMILES string of the molecule is COc1ccc(C2=NN(Cc3cccc(NC(=O)OCCCN4CCCC4)c3)C(=O)SC2)cc1OC. The molecule has 2 amide bonds. The topological polar surface area (TPSA) is 92.7 Å². The summed E-state index contributed by atoms with van der Waals surface area (Å²) in [5.74, 6) is 1.70. The van der Waals surface area contributed by atoms with E-state index in [1.807, 2.05) is 36.4 Å². The van der Waals surface area contributed by atoms with Crippen LogP contribution in [0, 0.1) is 0 Å². The van der Waals surface area contributed by atoms with Gasteiger partial charge < -0.3 is 19.1 Å². The van der Waals surface area contributed by atoms with Crippen molar-refractivity contribution in [1.29, 1.82) is 0 Å². The van der Waals surface area contributed by atoms with Gasteiger partial charge in [-0.05, 0) is 68.2 Å². The summed E-state index contributed by atoms with van der Waals surface area (Å²) in [4.78, 5) is 27.1. The summed E-state index contributed by atoms with van der Waals surface area (Å²) in [6.45, 7) is 3.89. The first kappa shape index (κ1) is 25.8. The monoisotopic (exact) mass is 512 g/mol. The number of hydrogen-bond acceptors (Lipinski definition) is 8. The summed E-state index contributed by atoms with van der Waals surface area (Å²) in [5.41, 5.74) is 3.08. The van der Waals surface area contributed by atoms with E-state index < -0.39 is 6.09 Å². The van der Waals surface area contributed by atoms with Crippen LogP contribution in [0.2, 0.25) is 0 Å². The zero-order valence-corrected chi connectivity index (χ0v) is 21.5. The number of carbonyl (C=O) groups is 2. The average molecular weight is 513 g/mol. The molecule has 0 bridgehead atoms. The lowest BCUT2D eigenvalue weighted by Crippen LogP contribution is -2.29. The molecule has 9 nitrogen and oxygen atoms in total. The number of amides is 2. The molecule has 0 saturated carbocycles. The third-order valence-electron chi connectivity index (χ3n) is 6.06. The number of carbonyl (C=O) groups excluding carboxylic acids is 2. The lowest BCUT2D eigenvalue weighted by atomic mass is 10.1. The molecular formula is C26H32N4O5S. The number of hydrazone groups is 1. The molecule has 4 rings (SSSR count). The average Bonchev–Trinajstić information content (AvgIpc) is 3.41.